The molecule has 9 aliphatic carbocycles. The molecule has 0 aliphatic heterocycles. The molecule has 0 unspecified atom stereocenters. The SMILES string of the molecule is O=C(O)CCCCCCC[C@@H]1C[C@H]2[C@@H]3[C@H]4[C@@H]5CC[C@@H]5[C@H]4[C@@H]3[C@@H]12.OCCCCCCCC[C@@H]1CC[C@H]2[C@@H](C1)[C@@H]1[C@H]3CC[C@H]3[C@H]21. The molecule has 9 fully saturated rings. The van der Waals surface area contributed by atoms with Crippen molar-refractivity contribution in [2.24, 2.45) is 94.7 Å². The third kappa shape index (κ3) is 5.01. The van der Waals surface area contributed by atoms with Gasteiger partial charge in [0, 0.05) is 13.0 Å². The molecule has 16 atom stereocenters. The zero-order valence-electron chi connectivity index (χ0n) is 27.3. The highest BCUT2D eigenvalue weighted by Gasteiger charge is 2.79. The Balaban J connectivity index is 0.000000129. The van der Waals surface area contributed by atoms with Gasteiger partial charge in [-0.3, -0.25) is 4.79 Å². The quantitative estimate of drug-likeness (QED) is 0.139. The average molecular weight is 593 g/mol. The number of hydrogen-bond acceptors (Lipinski definition) is 2. The third-order valence-electron chi connectivity index (χ3n) is 16.6. The van der Waals surface area contributed by atoms with Gasteiger partial charge in [0.25, 0.3) is 0 Å². The van der Waals surface area contributed by atoms with Gasteiger partial charge in [-0.25, -0.2) is 0 Å². The first-order chi connectivity index (χ1) is 21.2. The molecule has 0 bridgehead atoms. The molecule has 0 aromatic heterocycles. The molecule has 0 heterocycles. The number of hydrogen-bond donors (Lipinski definition) is 2. The number of fused-ring (bicyclic) bond motifs is 17. The predicted octanol–water partition coefficient (Wildman–Crippen LogP) is 9.61. The summed E-state index contributed by atoms with van der Waals surface area (Å²) in [5.41, 5.74) is 0. The van der Waals surface area contributed by atoms with Gasteiger partial charge in [-0.05, 0) is 152 Å². The van der Waals surface area contributed by atoms with Crippen molar-refractivity contribution in [2.75, 3.05) is 6.61 Å². The molecule has 9 aliphatic rings. The van der Waals surface area contributed by atoms with Crippen LogP contribution in [0.25, 0.3) is 0 Å². The maximum absolute atomic E-state index is 10.5. The summed E-state index contributed by atoms with van der Waals surface area (Å²) >= 11 is 0. The van der Waals surface area contributed by atoms with E-state index in [9.17, 15) is 4.79 Å². The van der Waals surface area contributed by atoms with E-state index >= 15 is 0 Å². The zero-order chi connectivity index (χ0) is 29.1. The van der Waals surface area contributed by atoms with Crippen molar-refractivity contribution in [1.29, 1.82) is 0 Å². The van der Waals surface area contributed by atoms with Crippen molar-refractivity contribution < 1.29 is 15.0 Å². The minimum atomic E-state index is -0.636. The summed E-state index contributed by atoms with van der Waals surface area (Å²) in [6.07, 6.45) is 29.9. The van der Waals surface area contributed by atoms with E-state index in [4.69, 9.17) is 10.2 Å². The van der Waals surface area contributed by atoms with E-state index in [2.05, 4.69) is 0 Å². The fraction of sp³-hybridized carbons (Fsp3) is 0.975. The van der Waals surface area contributed by atoms with E-state index in [1.807, 2.05) is 0 Å². The van der Waals surface area contributed by atoms with Gasteiger partial charge in [-0.15, -0.1) is 0 Å². The van der Waals surface area contributed by atoms with Crippen LogP contribution in [-0.4, -0.2) is 22.8 Å². The second-order valence-corrected chi connectivity index (χ2v) is 17.9. The fourth-order valence-electron chi connectivity index (χ4n) is 14.4. The van der Waals surface area contributed by atoms with Crippen LogP contribution in [0.15, 0.2) is 0 Å². The molecule has 0 aromatic rings. The highest BCUT2D eigenvalue weighted by molar-refractivity contribution is 5.66. The van der Waals surface area contributed by atoms with E-state index in [1.54, 1.807) is 51.4 Å². The molecule has 0 saturated heterocycles. The van der Waals surface area contributed by atoms with Crippen molar-refractivity contribution in [3.8, 4) is 0 Å². The maximum atomic E-state index is 10.5. The molecule has 0 amide bonds. The minimum Gasteiger partial charge on any atom is -0.481 e. The lowest BCUT2D eigenvalue weighted by molar-refractivity contribution is -0.375. The molecule has 242 valence electrons. The molecule has 0 radical (unpaired) electrons. The van der Waals surface area contributed by atoms with E-state index in [0.29, 0.717) is 13.0 Å². The van der Waals surface area contributed by atoms with E-state index in [-0.39, 0.29) is 0 Å². The molecular formula is C40H64O3. The first-order valence-corrected chi connectivity index (χ1v) is 20.0. The predicted molar refractivity (Wildman–Crippen MR) is 172 cm³/mol. The number of carboxylic acid groups (broad SMARTS) is 1. The van der Waals surface area contributed by atoms with Crippen LogP contribution in [-0.2, 0) is 4.79 Å². The lowest BCUT2D eigenvalue weighted by atomic mass is 9.20. The first kappa shape index (κ1) is 29.8. The van der Waals surface area contributed by atoms with Crippen LogP contribution in [0.4, 0.5) is 0 Å². The fourth-order valence-corrected chi connectivity index (χ4v) is 14.4. The summed E-state index contributed by atoms with van der Waals surface area (Å²) in [6.45, 7) is 0.384. The van der Waals surface area contributed by atoms with E-state index in [1.165, 1.54) is 147 Å². The lowest BCUT2D eigenvalue weighted by Crippen LogP contribution is -2.80. The average Bonchev–Trinajstić information content (AvgIpc) is 2.96. The summed E-state index contributed by atoms with van der Waals surface area (Å²) in [6, 6.07) is 0. The minimum absolute atomic E-state index is 0.361. The summed E-state index contributed by atoms with van der Waals surface area (Å²) in [7, 11) is 0. The van der Waals surface area contributed by atoms with Crippen LogP contribution >= 0.6 is 0 Å². The molecule has 3 nitrogen and oxygen atoms in total. The van der Waals surface area contributed by atoms with Crippen LogP contribution in [0.5, 0.6) is 0 Å². The van der Waals surface area contributed by atoms with Crippen LogP contribution in [0.3, 0.4) is 0 Å². The molecule has 2 N–H and O–H groups in total. The summed E-state index contributed by atoms with van der Waals surface area (Å²) in [5, 5.41) is 17.4. The number of carboxylic acids is 1. The molecule has 43 heavy (non-hydrogen) atoms. The van der Waals surface area contributed by atoms with Crippen molar-refractivity contribution in [1.82, 2.24) is 0 Å². The smallest absolute Gasteiger partial charge is 0.303 e. The molecule has 9 saturated carbocycles. The van der Waals surface area contributed by atoms with Gasteiger partial charge in [0.1, 0.15) is 0 Å². The van der Waals surface area contributed by atoms with Crippen LogP contribution < -0.4 is 0 Å². The van der Waals surface area contributed by atoms with Gasteiger partial charge < -0.3 is 10.2 Å². The van der Waals surface area contributed by atoms with Crippen LogP contribution in [0.1, 0.15) is 141 Å². The zero-order valence-corrected chi connectivity index (χ0v) is 27.3. The van der Waals surface area contributed by atoms with Crippen molar-refractivity contribution in [2.45, 2.75) is 141 Å². The van der Waals surface area contributed by atoms with Gasteiger partial charge in [0.2, 0.25) is 0 Å². The van der Waals surface area contributed by atoms with Gasteiger partial charge in [0.05, 0.1) is 0 Å². The van der Waals surface area contributed by atoms with E-state index < -0.39 is 5.97 Å². The first-order valence-electron chi connectivity index (χ1n) is 20.0. The van der Waals surface area contributed by atoms with Crippen molar-refractivity contribution in [3.05, 3.63) is 0 Å². The Morgan fingerprint density at radius 2 is 0.977 bits per heavy atom. The topological polar surface area (TPSA) is 57.5 Å². The summed E-state index contributed by atoms with van der Waals surface area (Å²) in [5.74, 6) is 18.4. The Kier molecular flexibility index (Phi) is 8.71. The van der Waals surface area contributed by atoms with Gasteiger partial charge in [-0.1, -0.05) is 77.0 Å². The third-order valence-corrected chi connectivity index (χ3v) is 16.6. The lowest BCUT2D eigenvalue weighted by Gasteiger charge is -2.85. The standard InChI is InChI=1S/C20H30O2.C20H34O/c21-15(22)7-5-3-1-2-4-6-11-10-14-16(11)20-18-13-9-8-12(13)17(18)19(14)20;21-12-6-4-2-1-3-5-7-14-8-9-17-18(13-14)20-16-11-10-15(16)19(17)20/h11-14,16-20H,1-10H2,(H,21,22);14-21H,1-13H2/t11-,12-,13+,14-,16+,17+,18-,19-,20+;14-,15-,16+,17+,18-,19-,20+/m11/s1. The van der Waals surface area contributed by atoms with Gasteiger partial charge >= 0.3 is 5.97 Å². The molecular weight excluding hydrogens is 528 g/mol. The summed E-state index contributed by atoms with van der Waals surface area (Å²) in [4.78, 5) is 10.5. The van der Waals surface area contributed by atoms with Crippen LogP contribution in [0.2, 0.25) is 0 Å². The Bertz CT molecular complexity index is 965. The molecule has 0 aromatic carbocycles. The monoisotopic (exact) mass is 592 g/mol. The summed E-state index contributed by atoms with van der Waals surface area (Å²) < 4.78 is 0. The molecule has 9 rings (SSSR count). The Morgan fingerprint density at radius 1 is 0.465 bits per heavy atom. The maximum Gasteiger partial charge on any atom is 0.303 e. The number of aliphatic hydroxyl groups is 1. The highest BCUT2D eigenvalue weighted by Crippen LogP contribution is 2.84. The second-order valence-electron chi connectivity index (χ2n) is 17.9. The Hall–Kier alpha value is -0.570. The molecule has 3 heteroatoms. The Labute approximate surface area is 263 Å². The normalized spacial score (nSPS) is 49.4. The van der Waals surface area contributed by atoms with Crippen molar-refractivity contribution in [3.63, 3.8) is 0 Å². The van der Waals surface area contributed by atoms with Gasteiger partial charge in [0.15, 0.2) is 0 Å². The number of rotatable bonds is 16. The van der Waals surface area contributed by atoms with Gasteiger partial charge in [-0.2, -0.15) is 0 Å². The van der Waals surface area contributed by atoms with E-state index in [0.717, 1.165) is 31.1 Å². The Morgan fingerprint density at radius 3 is 1.65 bits per heavy atom. The number of aliphatic carboxylic acids is 1. The highest BCUT2D eigenvalue weighted by atomic mass is 16.4. The largest absolute Gasteiger partial charge is 0.481 e. The number of aliphatic hydroxyl groups excluding tert-OH is 1. The molecule has 0 spiro atoms. The number of unbranched alkanes of at least 4 members (excludes halogenated alkanes) is 9. The van der Waals surface area contributed by atoms with Crippen molar-refractivity contribution >= 4 is 5.97 Å². The second kappa shape index (κ2) is 12.6. The number of carbonyl (C=O) groups is 1. The van der Waals surface area contributed by atoms with Crippen LogP contribution in [0, 0.1) is 94.7 Å².